The molecule has 4 heterocycles. The normalized spacial score (nSPS) is 24.2. The Bertz CT molecular complexity index is 1300. The van der Waals surface area contributed by atoms with Gasteiger partial charge in [-0.15, -0.1) is 22.7 Å². The van der Waals surface area contributed by atoms with Gasteiger partial charge < -0.3 is 0 Å². The molecule has 0 spiro atoms. The molecule has 1 aromatic carbocycles. The number of thiophene rings is 2. The molecule has 33 heavy (non-hydrogen) atoms. The molecule has 2 saturated heterocycles. The second-order valence-corrected chi connectivity index (χ2v) is 10.8. The minimum atomic E-state index is -0.939. The van der Waals surface area contributed by atoms with E-state index in [2.05, 4.69) is 6.07 Å². The van der Waals surface area contributed by atoms with Crippen LogP contribution in [0.5, 0.6) is 0 Å². The van der Waals surface area contributed by atoms with Gasteiger partial charge in [-0.3, -0.25) is 14.4 Å². The number of amides is 2. The van der Waals surface area contributed by atoms with E-state index in [-0.39, 0.29) is 5.91 Å². The van der Waals surface area contributed by atoms with E-state index in [1.807, 2.05) is 29.6 Å². The SMILES string of the molecule is N#Cc1c(N2C(=O)C3ON(c4ccc(Cl)cc4)C(c4cccs4)C3C2=O)sc2c1CCCC2. The van der Waals surface area contributed by atoms with Crippen LogP contribution in [0.1, 0.15) is 39.8 Å². The minimum Gasteiger partial charge on any atom is -0.273 e. The molecule has 0 radical (unpaired) electrons. The van der Waals surface area contributed by atoms with Crippen LogP contribution in [-0.4, -0.2) is 17.9 Å². The summed E-state index contributed by atoms with van der Waals surface area (Å²) in [5.74, 6) is -1.41. The van der Waals surface area contributed by atoms with E-state index in [1.165, 1.54) is 27.6 Å². The van der Waals surface area contributed by atoms with Crippen molar-refractivity contribution in [3.05, 3.63) is 67.7 Å². The number of hydroxylamine groups is 1. The zero-order valence-corrected chi connectivity index (χ0v) is 19.8. The second-order valence-electron chi connectivity index (χ2n) is 8.33. The van der Waals surface area contributed by atoms with E-state index in [4.69, 9.17) is 16.4 Å². The third-order valence-electron chi connectivity index (χ3n) is 6.50. The monoisotopic (exact) mass is 495 g/mol. The topological polar surface area (TPSA) is 73.6 Å². The number of fused-ring (bicyclic) bond motifs is 2. The van der Waals surface area contributed by atoms with Crippen LogP contribution in [0.3, 0.4) is 0 Å². The molecule has 2 amide bonds. The molecule has 6 nitrogen and oxygen atoms in total. The summed E-state index contributed by atoms with van der Waals surface area (Å²) in [5.41, 5.74) is 2.20. The van der Waals surface area contributed by atoms with Crippen LogP contribution in [-0.2, 0) is 27.3 Å². The number of nitrogens with zero attached hydrogens (tertiary/aromatic N) is 3. The highest BCUT2D eigenvalue weighted by molar-refractivity contribution is 7.17. The van der Waals surface area contributed by atoms with Crippen LogP contribution in [0.2, 0.25) is 5.02 Å². The Hall–Kier alpha value is -2.70. The van der Waals surface area contributed by atoms with Crippen LogP contribution >= 0.6 is 34.3 Å². The lowest BCUT2D eigenvalue weighted by atomic mass is 9.95. The largest absolute Gasteiger partial charge is 0.273 e. The van der Waals surface area contributed by atoms with Crippen molar-refractivity contribution in [3.63, 3.8) is 0 Å². The quantitative estimate of drug-likeness (QED) is 0.463. The predicted octanol–water partition coefficient (Wildman–Crippen LogP) is 5.26. The number of carbonyl (C=O) groups is 2. The Kier molecular flexibility index (Phi) is 5.03. The van der Waals surface area contributed by atoms with Gasteiger partial charge in [0.2, 0.25) is 5.91 Å². The van der Waals surface area contributed by atoms with E-state index in [9.17, 15) is 14.9 Å². The highest BCUT2D eigenvalue weighted by Gasteiger charge is 2.61. The highest BCUT2D eigenvalue weighted by Crippen LogP contribution is 2.50. The summed E-state index contributed by atoms with van der Waals surface area (Å²) < 4.78 is 0. The molecular formula is C24H18ClN3O3S2. The first-order chi connectivity index (χ1) is 16.1. The van der Waals surface area contributed by atoms with Crippen molar-refractivity contribution in [2.45, 2.75) is 37.8 Å². The molecular weight excluding hydrogens is 478 g/mol. The standard InChI is InChI=1S/C24H18ClN3O3S2/c25-13-7-9-14(10-8-13)28-20(18-6-3-11-32-18)19-21(31-28)23(30)27(22(19)29)24-16(12-26)15-4-1-2-5-17(15)33-24/h3,6-11,19-21H,1-2,4-5H2. The van der Waals surface area contributed by atoms with Gasteiger partial charge >= 0.3 is 0 Å². The summed E-state index contributed by atoms with van der Waals surface area (Å²) in [5, 5.41) is 14.5. The lowest BCUT2D eigenvalue weighted by Gasteiger charge is -2.27. The Morgan fingerprint density at radius 3 is 2.61 bits per heavy atom. The molecule has 3 aromatic rings. The maximum Gasteiger partial charge on any atom is 0.267 e. The Morgan fingerprint density at radius 1 is 1.09 bits per heavy atom. The first-order valence-electron chi connectivity index (χ1n) is 10.8. The van der Waals surface area contributed by atoms with Crippen molar-refractivity contribution >= 4 is 56.8 Å². The zero-order valence-electron chi connectivity index (χ0n) is 17.4. The highest BCUT2D eigenvalue weighted by atomic mass is 35.5. The van der Waals surface area contributed by atoms with Crippen molar-refractivity contribution in [2.75, 3.05) is 9.96 Å². The number of carbonyl (C=O) groups excluding carboxylic acids is 2. The number of halogens is 1. The van der Waals surface area contributed by atoms with Crippen LogP contribution in [0, 0.1) is 17.2 Å². The van der Waals surface area contributed by atoms with Crippen molar-refractivity contribution < 1.29 is 14.4 Å². The van der Waals surface area contributed by atoms with Crippen molar-refractivity contribution in [2.24, 2.45) is 5.92 Å². The molecule has 1 aliphatic carbocycles. The minimum absolute atomic E-state index is 0.310. The number of aryl methyl sites for hydroxylation is 1. The molecule has 6 rings (SSSR count). The number of imide groups is 1. The third-order valence-corrected chi connectivity index (χ3v) is 8.97. The van der Waals surface area contributed by atoms with E-state index in [0.29, 0.717) is 15.6 Å². The number of benzene rings is 1. The summed E-state index contributed by atoms with van der Waals surface area (Å²) in [7, 11) is 0. The third kappa shape index (κ3) is 3.15. The summed E-state index contributed by atoms with van der Waals surface area (Å²) in [4.78, 5) is 36.8. The number of nitriles is 1. The van der Waals surface area contributed by atoms with Crippen molar-refractivity contribution in [3.8, 4) is 6.07 Å². The molecule has 3 atom stereocenters. The number of anilines is 2. The van der Waals surface area contributed by atoms with Gasteiger partial charge in [0.1, 0.15) is 23.0 Å². The van der Waals surface area contributed by atoms with Gasteiger partial charge in [0.25, 0.3) is 5.91 Å². The number of rotatable bonds is 3. The number of hydrogen-bond acceptors (Lipinski definition) is 7. The first kappa shape index (κ1) is 20.9. The Balaban J connectivity index is 1.42. The van der Waals surface area contributed by atoms with Crippen LogP contribution in [0.25, 0.3) is 0 Å². The van der Waals surface area contributed by atoms with Gasteiger partial charge in [0, 0.05) is 14.8 Å². The molecule has 3 unspecified atom stereocenters. The molecule has 3 aliphatic rings. The fourth-order valence-corrected chi connectivity index (χ4v) is 7.33. The van der Waals surface area contributed by atoms with Gasteiger partial charge in [-0.25, -0.2) is 9.96 Å². The predicted molar refractivity (Wildman–Crippen MR) is 128 cm³/mol. The first-order valence-corrected chi connectivity index (χ1v) is 12.8. The molecule has 166 valence electrons. The second kappa shape index (κ2) is 7.96. The van der Waals surface area contributed by atoms with Gasteiger partial charge in [-0.05, 0) is 67.0 Å². The van der Waals surface area contributed by atoms with E-state index in [1.54, 1.807) is 17.2 Å². The molecule has 0 N–H and O–H groups in total. The molecule has 0 bridgehead atoms. The zero-order chi connectivity index (χ0) is 22.7. The maximum atomic E-state index is 13.8. The Labute approximate surface area is 203 Å². The van der Waals surface area contributed by atoms with Gasteiger partial charge in [0.15, 0.2) is 6.10 Å². The molecule has 2 aromatic heterocycles. The molecule has 0 saturated carbocycles. The van der Waals surface area contributed by atoms with E-state index >= 15 is 0 Å². The lowest BCUT2D eigenvalue weighted by molar-refractivity contribution is -0.126. The molecule has 2 aliphatic heterocycles. The van der Waals surface area contributed by atoms with Crippen molar-refractivity contribution in [1.29, 1.82) is 5.26 Å². The fraction of sp³-hybridized carbons (Fsp3) is 0.292. The average Bonchev–Trinajstić information content (AvgIpc) is 3.58. The smallest absolute Gasteiger partial charge is 0.267 e. The number of hydrogen-bond donors (Lipinski definition) is 0. The maximum absolute atomic E-state index is 13.8. The summed E-state index contributed by atoms with van der Waals surface area (Å²) in [6.45, 7) is 0. The average molecular weight is 496 g/mol. The molecule has 9 heteroatoms. The van der Waals surface area contributed by atoms with Gasteiger partial charge in [-0.1, -0.05) is 17.7 Å². The van der Waals surface area contributed by atoms with Crippen LogP contribution in [0.4, 0.5) is 10.7 Å². The lowest BCUT2D eigenvalue weighted by Crippen LogP contribution is -2.37. The van der Waals surface area contributed by atoms with Gasteiger partial charge in [0.05, 0.1) is 11.3 Å². The van der Waals surface area contributed by atoms with Crippen LogP contribution in [0.15, 0.2) is 41.8 Å². The Morgan fingerprint density at radius 2 is 1.88 bits per heavy atom. The van der Waals surface area contributed by atoms with Gasteiger partial charge in [-0.2, -0.15) is 5.26 Å². The fourth-order valence-electron chi connectivity index (χ4n) is 5.00. The van der Waals surface area contributed by atoms with E-state index < -0.39 is 24.0 Å². The summed E-state index contributed by atoms with van der Waals surface area (Å²) >= 11 is 8.99. The molecule has 2 fully saturated rings. The summed E-state index contributed by atoms with van der Waals surface area (Å²) in [6, 6.07) is 12.8. The van der Waals surface area contributed by atoms with Crippen LogP contribution < -0.4 is 9.96 Å². The van der Waals surface area contributed by atoms with E-state index in [0.717, 1.165) is 46.7 Å². The van der Waals surface area contributed by atoms with Crippen molar-refractivity contribution in [1.82, 2.24) is 0 Å². The summed E-state index contributed by atoms with van der Waals surface area (Å²) in [6.07, 6.45) is 2.84.